The van der Waals surface area contributed by atoms with Crippen molar-refractivity contribution in [2.75, 3.05) is 19.6 Å². The molecule has 140 heavy (non-hydrogen) atoms. The second-order valence-electron chi connectivity index (χ2n) is 36.5. The van der Waals surface area contributed by atoms with Gasteiger partial charge in [-0.3, -0.25) is 0 Å². The Hall–Kier alpha value is -18.0. The summed E-state index contributed by atoms with van der Waals surface area (Å²) in [7, 11) is 0. The summed E-state index contributed by atoms with van der Waals surface area (Å²) in [6.45, 7) is 8.53. The molecule has 2 aliphatic carbocycles. The number of hydrogen-bond donors (Lipinski definition) is 0. The van der Waals surface area contributed by atoms with Crippen molar-refractivity contribution in [1.29, 1.82) is 0 Å². The van der Waals surface area contributed by atoms with E-state index in [1.54, 1.807) is 0 Å². The molecule has 1 atom stereocenters. The van der Waals surface area contributed by atoms with Gasteiger partial charge in [-0.25, -0.2) is 0 Å². The summed E-state index contributed by atoms with van der Waals surface area (Å²) >= 11 is 0. The highest BCUT2D eigenvalue weighted by molar-refractivity contribution is 5.96. The highest BCUT2D eigenvalue weighted by atomic mass is 16.6. The van der Waals surface area contributed by atoms with Crippen molar-refractivity contribution in [2.45, 2.75) is 38.5 Å². The molecule has 21 aromatic rings. The van der Waals surface area contributed by atoms with Gasteiger partial charge < -0.3 is 38.5 Å². The molecule has 8 heteroatoms. The lowest BCUT2D eigenvalue weighted by Crippen LogP contribution is -2.28. The van der Waals surface area contributed by atoms with E-state index in [0.29, 0.717) is 34.5 Å². The Kier molecular flexibility index (Phi) is 21.9. The molecule has 0 spiro atoms. The number of rotatable bonds is 19. The van der Waals surface area contributed by atoms with Crippen LogP contribution in [0.3, 0.4) is 0 Å². The van der Waals surface area contributed by atoms with E-state index in [1.165, 1.54) is 44.5 Å². The van der Waals surface area contributed by atoms with Crippen LogP contribution in [0.1, 0.15) is 66.8 Å². The molecule has 4 aliphatic rings. The van der Waals surface area contributed by atoms with Crippen LogP contribution in [-0.4, -0.2) is 0 Å². The monoisotopic (exact) mass is 1800 g/mol. The van der Waals surface area contributed by atoms with Crippen LogP contribution in [0.2, 0.25) is 0 Å². The van der Waals surface area contributed by atoms with Crippen LogP contribution in [-0.2, 0) is 10.8 Å². The third kappa shape index (κ3) is 15.2. The van der Waals surface area contributed by atoms with Gasteiger partial charge in [0.05, 0.1) is 10.8 Å². The van der Waals surface area contributed by atoms with Crippen LogP contribution in [0.25, 0.3) is 55.6 Å². The van der Waals surface area contributed by atoms with Gasteiger partial charge in [0.1, 0.15) is 0 Å². The minimum Gasteiger partial charge on any atom is -0.449 e. The molecular weight excluding hydrogens is 1710 g/mol. The van der Waals surface area contributed by atoms with Gasteiger partial charge in [-0.15, -0.1) is 0 Å². The fourth-order valence-corrected chi connectivity index (χ4v) is 21.1. The first-order chi connectivity index (χ1) is 69.0. The Bertz CT molecular complexity index is 7770. The maximum Gasteiger partial charge on any atom is 0.178 e. The number of anilines is 12. The van der Waals surface area contributed by atoms with Crippen LogP contribution in [0.5, 0.6) is 46.0 Å². The van der Waals surface area contributed by atoms with E-state index in [-0.39, 0.29) is 0 Å². The molecule has 0 saturated carbocycles. The molecule has 0 aromatic heterocycles. The lowest BCUT2D eigenvalue weighted by molar-refractivity contribution is 0.360. The number of hydrogen-bond acceptors (Lipinski definition) is 8. The smallest absolute Gasteiger partial charge is 0.178 e. The van der Waals surface area contributed by atoms with Crippen LogP contribution in [0.4, 0.5) is 68.2 Å². The Labute approximate surface area is 817 Å². The quantitative estimate of drug-likeness (QED) is 0.0794. The van der Waals surface area contributed by atoms with Crippen molar-refractivity contribution in [3.05, 3.63) is 576 Å². The molecule has 0 N–H and O–H groups in total. The van der Waals surface area contributed by atoms with E-state index in [1.807, 2.05) is 48.5 Å². The van der Waals surface area contributed by atoms with Crippen molar-refractivity contribution in [3.8, 4) is 102 Å². The molecule has 25 rings (SSSR count). The molecule has 8 nitrogen and oxygen atoms in total. The summed E-state index contributed by atoms with van der Waals surface area (Å²) in [4.78, 5) is 9.25. The van der Waals surface area contributed by atoms with Crippen molar-refractivity contribution >= 4 is 68.2 Å². The first kappa shape index (κ1) is 85.0. The fraction of sp³-hybridized carbons (Fsp3) is 0.0455. The lowest BCUT2D eigenvalue weighted by Gasteiger charge is -2.35. The topological polar surface area (TPSA) is 49.9 Å². The lowest BCUT2D eigenvalue weighted by atomic mass is 9.67. The summed E-state index contributed by atoms with van der Waals surface area (Å²) in [5, 5.41) is 0. The van der Waals surface area contributed by atoms with E-state index in [9.17, 15) is 0 Å². The third-order valence-corrected chi connectivity index (χ3v) is 27.9. The molecule has 0 radical (unpaired) electrons. The first-order valence-corrected chi connectivity index (χ1v) is 47.9. The van der Waals surface area contributed by atoms with Crippen LogP contribution < -0.4 is 38.5 Å². The minimum atomic E-state index is -0.691. The van der Waals surface area contributed by atoms with Gasteiger partial charge in [-0.1, -0.05) is 350 Å². The van der Waals surface area contributed by atoms with E-state index < -0.39 is 10.8 Å². The normalized spacial score (nSPS) is 13.3. The Balaban J connectivity index is 0.000000152. The van der Waals surface area contributed by atoms with Crippen LogP contribution in [0.15, 0.2) is 510 Å². The molecular formula is C132H96N4O4. The second kappa shape index (κ2) is 36.0. The van der Waals surface area contributed by atoms with E-state index in [2.05, 4.69) is 508 Å². The summed E-state index contributed by atoms with van der Waals surface area (Å²) in [6, 6.07) is 183. The van der Waals surface area contributed by atoms with Gasteiger partial charge in [0, 0.05) is 79.4 Å². The van der Waals surface area contributed by atoms with Gasteiger partial charge in [0.25, 0.3) is 0 Å². The third-order valence-electron chi connectivity index (χ3n) is 27.9. The standard InChI is InChI=1S/C67H46N2O2.C65H50N2O2/c1-5-17-53(18-6-1)68(54-19-7-2-8-20-54)57-41-33-49(34-42-57)47-29-37-51(38-30-47)67(60-26-14-13-25-59(60)65-61(67)45-46-64-66(65)71-63-28-16-15-27-62(63)70-64)52-39-31-48(32-40-52)50-35-43-58(44-36-50)69(55-21-9-3-10-22-55)56-23-11-4-12-24-56;1-43-13-29-51(30-14-43)66(52-31-15-44(2)16-32-52)55-37-23-48(24-38-55)47-21-25-49(26-22-47)65(50-27-39-56(40-28-50)67(53-33-17-45(3)18-34-53)54-35-19-46(4)20-36-54)58-10-6-5-9-57(58)63-59(65)41-42-62-64(63)69-61-12-8-7-11-60(61)68-62/h1-46H;5-42H,1-4H3. The average Bonchev–Trinajstić information content (AvgIpc) is 1.53. The highest BCUT2D eigenvalue weighted by Gasteiger charge is 2.51. The van der Waals surface area contributed by atoms with Gasteiger partial charge in [-0.05, 0) is 299 Å². The Morgan fingerprint density at radius 1 is 0.150 bits per heavy atom. The van der Waals surface area contributed by atoms with Gasteiger partial charge in [-0.2, -0.15) is 0 Å². The summed E-state index contributed by atoms with van der Waals surface area (Å²) in [6.07, 6.45) is 0. The summed E-state index contributed by atoms with van der Waals surface area (Å²) in [5.74, 6) is 5.75. The zero-order valence-corrected chi connectivity index (χ0v) is 77.9. The zero-order chi connectivity index (χ0) is 93.8. The molecule has 0 bridgehead atoms. The van der Waals surface area contributed by atoms with Gasteiger partial charge >= 0.3 is 0 Å². The Morgan fingerprint density at radius 3 is 0.600 bits per heavy atom. The summed E-state index contributed by atoms with van der Waals surface area (Å²) < 4.78 is 26.8. The van der Waals surface area contributed by atoms with Gasteiger partial charge in [0.15, 0.2) is 46.0 Å². The van der Waals surface area contributed by atoms with Crippen molar-refractivity contribution < 1.29 is 18.9 Å². The predicted octanol–water partition coefficient (Wildman–Crippen LogP) is 36.0. The van der Waals surface area contributed by atoms with Crippen molar-refractivity contribution in [3.63, 3.8) is 0 Å². The number of nitrogens with zero attached hydrogens (tertiary/aromatic N) is 4. The largest absolute Gasteiger partial charge is 0.449 e. The fourth-order valence-electron chi connectivity index (χ4n) is 21.1. The van der Waals surface area contributed by atoms with Crippen molar-refractivity contribution in [2.24, 2.45) is 0 Å². The number of fused-ring (bicyclic) bond motifs is 12. The van der Waals surface area contributed by atoms with E-state index in [4.69, 9.17) is 18.9 Å². The predicted molar refractivity (Wildman–Crippen MR) is 575 cm³/mol. The number of benzene rings is 21. The first-order valence-electron chi connectivity index (χ1n) is 47.9. The molecule has 2 aliphatic heterocycles. The van der Waals surface area contributed by atoms with Crippen LogP contribution >= 0.6 is 0 Å². The molecule has 0 amide bonds. The molecule has 21 aromatic carbocycles. The van der Waals surface area contributed by atoms with E-state index >= 15 is 0 Å². The SMILES string of the molecule is Cc1ccc(N(c2ccc(C)cc2)c2ccc(-c3ccc(C4(c5ccc(N(c6ccc(C)cc6)c6ccc(C)cc6)cc5)c5ccccc5-c5c4ccc4c5Oc5ccccc5O4)cc3)cc2)cc1.c1ccc(N(c2ccccc2)c2ccc(-c3ccc(C4(c5ccc(-c6ccc(N(c7ccccc7)c7ccccc7)cc6)cc5)c5ccccc5-c5c4ccc4c5Oc5ccccc5O4)cc3)cc2)cc1. The average molecular weight is 1800 g/mol. The second-order valence-corrected chi connectivity index (χ2v) is 36.5. The van der Waals surface area contributed by atoms with E-state index in [0.717, 1.165) is 158 Å². The van der Waals surface area contributed by atoms with Crippen molar-refractivity contribution in [1.82, 2.24) is 0 Å². The Morgan fingerprint density at radius 2 is 0.343 bits per heavy atom. The summed E-state index contributed by atoms with van der Waals surface area (Å²) in [5.41, 5.74) is 37.4. The maximum absolute atomic E-state index is 6.84. The number of para-hydroxylation sites is 8. The number of aryl methyl sites for hydroxylation is 4. The minimum absolute atomic E-state index is 0.677. The molecule has 668 valence electrons. The molecule has 0 saturated heterocycles. The van der Waals surface area contributed by atoms with Crippen LogP contribution in [0, 0.1) is 27.7 Å². The highest BCUT2D eigenvalue weighted by Crippen LogP contribution is 2.65. The molecule has 1 unspecified atom stereocenters. The maximum atomic E-state index is 6.84. The molecule has 0 fully saturated rings. The zero-order valence-electron chi connectivity index (χ0n) is 77.9. The van der Waals surface area contributed by atoms with Gasteiger partial charge in [0.2, 0.25) is 0 Å². The molecule has 2 heterocycles. The number of ether oxygens (including phenoxy) is 4.